The molecule has 1 aliphatic rings. The van der Waals surface area contributed by atoms with Crippen molar-refractivity contribution in [2.45, 2.75) is 57.7 Å². The smallest absolute Gasteiger partial charge is 0.244 e. The van der Waals surface area contributed by atoms with Crippen molar-refractivity contribution in [3.63, 3.8) is 0 Å². The Morgan fingerprint density at radius 3 is 2.27 bits per heavy atom. The van der Waals surface area contributed by atoms with E-state index in [1.165, 1.54) is 23.1 Å². The van der Waals surface area contributed by atoms with Gasteiger partial charge in [-0.05, 0) is 54.7 Å². The molecule has 0 aliphatic heterocycles. The van der Waals surface area contributed by atoms with Gasteiger partial charge in [0.1, 0.15) is 12.6 Å². The number of aryl methyl sites for hydroxylation is 1. The molecule has 1 saturated carbocycles. The standard InChI is InChI=1S/C31H35Cl2N3O4S/c1-22-10-6-7-13-24(22)20-35(30(37)21-36(41(2,39)40)28-17-16-25(32)19-27(28)33)29(18-23-11-4-3-5-12-23)31(38)34-26-14-8-9-15-26/h3-7,10-13,16-17,19,26,29H,8-9,14-15,18,20-21H2,1-2H3,(H,34,38)/t29-/m1/s1. The average molecular weight is 617 g/mol. The van der Waals surface area contributed by atoms with Gasteiger partial charge in [0.15, 0.2) is 0 Å². The van der Waals surface area contributed by atoms with E-state index in [1.807, 2.05) is 61.5 Å². The molecule has 0 unspecified atom stereocenters. The minimum absolute atomic E-state index is 0.0524. The van der Waals surface area contributed by atoms with Crippen LogP contribution in [0.1, 0.15) is 42.4 Å². The Balaban J connectivity index is 1.75. The van der Waals surface area contributed by atoms with Gasteiger partial charge < -0.3 is 10.2 Å². The van der Waals surface area contributed by atoms with Crippen LogP contribution < -0.4 is 9.62 Å². The van der Waals surface area contributed by atoms with Gasteiger partial charge in [-0.15, -0.1) is 0 Å². The number of anilines is 1. The van der Waals surface area contributed by atoms with Crippen LogP contribution in [0.2, 0.25) is 10.0 Å². The van der Waals surface area contributed by atoms with Crippen molar-refractivity contribution in [2.75, 3.05) is 17.1 Å². The molecule has 41 heavy (non-hydrogen) atoms. The van der Waals surface area contributed by atoms with Gasteiger partial charge >= 0.3 is 0 Å². The Bertz CT molecular complexity index is 1480. The summed E-state index contributed by atoms with van der Waals surface area (Å²) in [6.45, 7) is 1.54. The molecule has 1 fully saturated rings. The summed E-state index contributed by atoms with van der Waals surface area (Å²) in [6.07, 6.45) is 5.18. The first-order chi connectivity index (χ1) is 19.5. The lowest BCUT2D eigenvalue weighted by Crippen LogP contribution is -2.54. The fourth-order valence-electron chi connectivity index (χ4n) is 5.17. The topological polar surface area (TPSA) is 86.8 Å². The van der Waals surface area contributed by atoms with Crippen molar-refractivity contribution < 1.29 is 18.0 Å². The molecule has 4 rings (SSSR count). The van der Waals surface area contributed by atoms with Crippen LogP contribution in [-0.4, -0.2) is 50.0 Å². The molecule has 1 aliphatic carbocycles. The second-order valence-corrected chi connectivity index (χ2v) is 13.3. The molecule has 0 spiro atoms. The predicted octanol–water partition coefficient (Wildman–Crippen LogP) is 5.77. The Morgan fingerprint density at radius 1 is 0.976 bits per heavy atom. The maximum atomic E-state index is 14.2. The summed E-state index contributed by atoms with van der Waals surface area (Å²) in [5.41, 5.74) is 2.85. The highest BCUT2D eigenvalue weighted by molar-refractivity contribution is 7.92. The number of halogens is 2. The Labute approximate surface area is 252 Å². The molecule has 0 radical (unpaired) electrons. The van der Waals surface area contributed by atoms with Crippen molar-refractivity contribution in [2.24, 2.45) is 0 Å². The fourth-order valence-corrected chi connectivity index (χ4v) is 6.59. The Morgan fingerprint density at radius 2 is 1.63 bits per heavy atom. The van der Waals surface area contributed by atoms with Gasteiger partial charge in [-0.1, -0.05) is 90.6 Å². The predicted molar refractivity (Wildman–Crippen MR) is 165 cm³/mol. The average Bonchev–Trinajstić information content (AvgIpc) is 3.43. The van der Waals surface area contributed by atoms with Crippen molar-refractivity contribution in [1.82, 2.24) is 10.2 Å². The molecule has 10 heteroatoms. The van der Waals surface area contributed by atoms with Gasteiger partial charge in [-0.3, -0.25) is 13.9 Å². The van der Waals surface area contributed by atoms with Gasteiger partial charge in [0.05, 0.1) is 17.0 Å². The van der Waals surface area contributed by atoms with Crippen LogP contribution in [0.4, 0.5) is 5.69 Å². The molecule has 3 aromatic carbocycles. The van der Waals surface area contributed by atoms with E-state index in [-0.39, 0.29) is 35.6 Å². The molecule has 0 heterocycles. The fraction of sp³-hybridized carbons (Fsp3) is 0.355. The largest absolute Gasteiger partial charge is 0.352 e. The molecule has 218 valence electrons. The van der Waals surface area contributed by atoms with E-state index in [0.29, 0.717) is 5.02 Å². The number of nitrogens with zero attached hydrogens (tertiary/aromatic N) is 2. The van der Waals surface area contributed by atoms with Gasteiger partial charge in [-0.2, -0.15) is 0 Å². The number of carbonyl (C=O) groups excluding carboxylic acids is 2. The number of hydrogen-bond donors (Lipinski definition) is 1. The van der Waals surface area contributed by atoms with Crippen molar-refractivity contribution in [3.05, 3.63) is 99.5 Å². The number of hydrogen-bond acceptors (Lipinski definition) is 4. The number of amides is 2. The zero-order valence-electron chi connectivity index (χ0n) is 23.2. The molecule has 0 bridgehead atoms. The maximum Gasteiger partial charge on any atom is 0.244 e. The van der Waals surface area contributed by atoms with E-state index in [0.717, 1.165) is 52.9 Å². The first-order valence-corrected chi connectivity index (χ1v) is 16.2. The minimum Gasteiger partial charge on any atom is -0.352 e. The summed E-state index contributed by atoms with van der Waals surface area (Å²) in [5.74, 6) is -0.773. The van der Waals surface area contributed by atoms with Crippen LogP contribution in [0.3, 0.4) is 0 Å². The van der Waals surface area contributed by atoms with E-state index in [4.69, 9.17) is 23.2 Å². The van der Waals surface area contributed by atoms with Crippen LogP contribution in [0.25, 0.3) is 0 Å². The number of rotatable bonds is 11. The molecule has 7 nitrogen and oxygen atoms in total. The third kappa shape index (κ3) is 8.24. The van der Waals surface area contributed by atoms with Crippen molar-refractivity contribution in [1.29, 1.82) is 0 Å². The molecule has 1 atom stereocenters. The van der Waals surface area contributed by atoms with Crippen molar-refractivity contribution >= 4 is 50.7 Å². The quantitative estimate of drug-likeness (QED) is 0.297. The van der Waals surface area contributed by atoms with E-state index >= 15 is 0 Å². The minimum atomic E-state index is -3.93. The summed E-state index contributed by atoms with van der Waals surface area (Å²) >= 11 is 12.4. The summed E-state index contributed by atoms with van der Waals surface area (Å²) in [5, 5.41) is 3.60. The summed E-state index contributed by atoms with van der Waals surface area (Å²) in [4.78, 5) is 29.6. The highest BCUT2D eigenvalue weighted by Gasteiger charge is 2.34. The second-order valence-electron chi connectivity index (χ2n) is 10.5. The van der Waals surface area contributed by atoms with E-state index in [2.05, 4.69) is 5.32 Å². The summed E-state index contributed by atoms with van der Waals surface area (Å²) < 4.78 is 26.9. The second kappa shape index (κ2) is 13.7. The van der Waals surface area contributed by atoms with Crippen LogP contribution in [0, 0.1) is 6.92 Å². The van der Waals surface area contributed by atoms with Crippen LogP contribution in [-0.2, 0) is 32.6 Å². The third-order valence-electron chi connectivity index (χ3n) is 7.43. The zero-order chi connectivity index (χ0) is 29.6. The van der Waals surface area contributed by atoms with Crippen LogP contribution in [0.5, 0.6) is 0 Å². The van der Waals surface area contributed by atoms with Crippen LogP contribution >= 0.6 is 23.2 Å². The van der Waals surface area contributed by atoms with E-state index in [1.54, 1.807) is 0 Å². The zero-order valence-corrected chi connectivity index (χ0v) is 25.6. The SMILES string of the molecule is Cc1ccccc1CN(C(=O)CN(c1ccc(Cl)cc1Cl)S(C)(=O)=O)[C@H](Cc1ccccc1)C(=O)NC1CCCC1. The normalized spacial score (nSPS) is 14.4. The van der Waals surface area contributed by atoms with Crippen molar-refractivity contribution in [3.8, 4) is 0 Å². The third-order valence-corrected chi connectivity index (χ3v) is 9.10. The highest BCUT2D eigenvalue weighted by Crippen LogP contribution is 2.31. The monoisotopic (exact) mass is 615 g/mol. The number of benzene rings is 3. The van der Waals surface area contributed by atoms with Gasteiger partial charge in [0, 0.05) is 24.0 Å². The molecule has 3 aromatic rings. The van der Waals surface area contributed by atoms with E-state index in [9.17, 15) is 18.0 Å². The first kappa shape index (κ1) is 30.9. The molecule has 1 N–H and O–H groups in total. The number of nitrogens with one attached hydrogen (secondary N) is 1. The lowest BCUT2D eigenvalue weighted by atomic mass is 10.0. The molecular weight excluding hydrogens is 581 g/mol. The molecule has 2 amide bonds. The van der Waals surface area contributed by atoms with E-state index < -0.39 is 28.5 Å². The van der Waals surface area contributed by atoms with Gasteiger partial charge in [-0.25, -0.2) is 8.42 Å². The van der Waals surface area contributed by atoms with Gasteiger partial charge in [0.2, 0.25) is 21.8 Å². The number of carbonyl (C=O) groups is 2. The van der Waals surface area contributed by atoms with Gasteiger partial charge in [0.25, 0.3) is 0 Å². The highest BCUT2D eigenvalue weighted by atomic mass is 35.5. The maximum absolute atomic E-state index is 14.2. The molecular formula is C31H35Cl2N3O4S. The Kier molecular flexibility index (Phi) is 10.3. The first-order valence-electron chi connectivity index (χ1n) is 13.6. The summed E-state index contributed by atoms with van der Waals surface area (Å²) in [7, 11) is -3.93. The Hall–Kier alpha value is -3.07. The lowest BCUT2D eigenvalue weighted by Gasteiger charge is -2.34. The number of sulfonamides is 1. The molecule has 0 saturated heterocycles. The lowest BCUT2D eigenvalue weighted by molar-refractivity contribution is -0.140. The van der Waals surface area contributed by atoms with Crippen LogP contribution in [0.15, 0.2) is 72.8 Å². The summed E-state index contributed by atoms with van der Waals surface area (Å²) in [6, 6.07) is 20.8. The molecule has 0 aromatic heterocycles.